The van der Waals surface area contributed by atoms with Gasteiger partial charge in [-0.05, 0) is 35.9 Å². The van der Waals surface area contributed by atoms with Crippen molar-refractivity contribution < 1.29 is 17.6 Å². The zero-order valence-corrected chi connectivity index (χ0v) is 15.4. The minimum atomic E-state index is -3.54. The van der Waals surface area contributed by atoms with Crippen molar-refractivity contribution in [2.75, 3.05) is 6.26 Å². The Morgan fingerprint density at radius 1 is 1.08 bits per heavy atom. The first kappa shape index (κ1) is 18.2. The number of carbonyl (C=O) groups is 1. The summed E-state index contributed by atoms with van der Waals surface area (Å²) in [6.07, 6.45) is 2.58. The van der Waals surface area contributed by atoms with Gasteiger partial charge in [0.2, 0.25) is 0 Å². The van der Waals surface area contributed by atoms with Crippen LogP contribution in [-0.4, -0.2) is 20.6 Å². The summed E-state index contributed by atoms with van der Waals surface area (Å²) in [6, 6.07) is 16.5. The van der Waals surface area contributed by atoms with Crippen LogP contribution in [0.3, 0.4) is 0 Å². The van der Waals surface area contributed by atoms with Gasteiger partial charge in [-0.3, -0.25) is 4.79 Å². The molecule has 0 aliphatic rings. The van der Waals surface area contributed by atoms with E-state index in [1.165, 1.54) is 24.5 Å². The first-order valence-corrected chi connectivity index (χ1v) is 10.0. The van der Waals surface area contributed by atoms with E-state index < -0.39 is 21.8 Å². The standard InChI is InChI=1S/C19H16ClNO4S/c1-26(23,24)17-12-14(9-10-15(17)20)19(22)21-18(16-8-5-11-25-16)13-6-3-2-4-7-13/h2-12,18H,1H3,(H,21,22). The molecule has 0 saturated carbocycles. The number of hydrogen-bond donors (Lipinski definition) is 1. The van der Waals surface area contributed by atoms with Gasteiger partial charge in [-0.1, -0.05) is 41.9 Å². The molecule has 1 aromatic heterocycles. The maximum atomic E-state index is 12.7. The predicted molar refractivity (Wildman–Crippen MR) is 99.0 cm³/mol. The molecule has 0 aliphatic carbocycles. The number of nitrogens with one attached hydrogen (secondary N) is 1. The quantitative estimate of drug-likeness (QED) is 0.718. The lowest BCUT2D eigenvalue weighted by molar-refractivity contribution is 0.0938. The second-order valence-electron chi connectivity index (χ2n) is 5.75. The second-order valence-corrected chi connectivity index (χ2v) is 8.14. The number of halogens is 1. The fraction of sp³-hybridized carbons (Fsp3) is 0.105. The van der Waals surface area contributed by atoms with Gasteiger partial charge >= 0.3 is 0 Å². The Hall–Kier alpha value is -2.57. The van der Waals surface area contributed by atoms with Gasteiger partial charge in [0.15, 0.2) is 9.84 Å². The van der Waals surface area contributed by atoms with Crippen LogP contribution >= 0.6 is 11.6 Å². The zero-order chi connectivity index (χ0) is 18.7. The van der Waals surface area contributed by atoms with E-state index in [9.17, 15) is 13.2 Å². The van der Waals surface area contributed by atoms with Crippen LogP contribution in [0.5, 0.6) is 0 Å². The minimum absolute atomic E-state index is 0.0784. The third-order valence-electron chi connectivity index (χ3n) is 3.83. The number of rotatable bonds is 5. The number of amides is 1. The normalized spacial score (nSPS) is 12.5. The van der Waals surface area contributed by atoms with Gasteiger partial charge in [0, 0.05) is 11.8 Å². The Bertz CT molecular complexity index is 1010. The number of hydrogen-bond acceptors (Lipinski definition) is 4. The molecule has 3 rings (SSSR count). The van der Waals surface area contributed by atoms with E-state index in [0.29, 0.717) is 5.76 Å². The molecule has 1 N–H and O–H groups in total. The van der Waals surface area contributed by atoms with Crippen molar-refractivity contribution in [3.8, 4) is 0 Å². The highest BCUT2D eigenvalue weighted by Gasteiger charge is 2.22. The summed E-state index contributed by atoms with van der Waals surface area (Å²) in [5.74, 6) is 0.138. The average molecular weight is 390 g/mol. The summed E-state index contributed by atoms with van der Waals surface area (Å²) in [7, 11) is -3.54. The van der Waals surface area contributed by atoms with E-state index in [1.807, 2.05) is 30.3 Å². The predicted octanol–water partition coefficient (Wildman–Crippen LogP) is 3.86. The summed E-state index contributed by atoms with van der Waals surface area (Å²) < 4.78 is 29.1. The molecule has 3 aromatic rings. The van der Waals surface area contributed by atoms with E-state index in [2.05, 4.69) is 5.32 Å². The number of sulfone groups is 1. The summed E-state index contributed by atoms with van der Waals surface area (Å²) in [5, 5.41) is 2.96. The molecule has 1 heterocycles. The molecule has 0 bridgehead atoms. The first-order valence-electron chi connectivity index (χ1n) is 7.75. The lowest BCUT2D eigenvalue weighted by Crippen LogP contribution is -2.29. The van der Waals surface area contributed by atoms with Crippen molar-refractivity contribution in [1.29, 1.82) is 0 Å². The van der Waals surface area contributed by atoms with Crippen LogP contribution in [0.15, 0.2) is 76.2 Å². The van der Waals surface area contributed by atoms with Crippen molar-refractivity contribution in [3.63, 3.8) is 0 Å². The topological polar surface area (TPSA) is 76.4 Å². The maximum absolute atomic E-state index is 12.7. The molecule has 7 heteroatoms. The summed E-state index contributed by atoms with van der Waals surface area (Å²) >= 11 is 5.94. The summed E-state index contributed by atoms with van der Waals surface area (Å²) in [5.41, 5.74) is 1.04. The van der Waals surface area contributed by atoms with Gasteiger partial charge in [0.25, 0.3) is 5.91 Å². The van der Waals surface area contributed by atoms with Crippen molar-refractivity contribution >= 4 is 27.3 Å². The monoisotopic (exact) mass is 389 g/mol. The molecule has 26 heavy (non-hydrogen) atoms. The maximum Gasteiger partial charge on any atom is 0.252 e. The summed E-state index contributed by atoms with van der Waals surface area (Å²) in [4.78, 5) is 12.6. The van der Waals surface area contributed by atoms with Crippen LogP contribution < -0.4 is 5.32 Å². The third-order valence-corrected chi connectivity index (χ3v) is 5.41. The third kappa shape index (κ3) is 3.98. The Morgan fingerprint density at radius 3 is 2.42 bits per heavy atom. The van der Waals surface area contributed by atoms with Gasteiger partial charge in [0.05, 0.1) is 16.2 Å². The van der Waals surface area contributed by atoms with Crippen molar-refractivity contribution in [2.24, 2.45) is 0 Å². The SMILES string of the molecule is CS(=O)(=O)c1cc(C(=O)NC(c2ccccc2)c2ccco2)ccc1Cl. The molecule has 134 valence electrons. The smallest absolute Gasteiger partial charge is 0.252 e. The number of furan rings is 1. The molecule has 1 atom stereocenters. The second kappa shape index (κ2) is 7.35. The number of carbonyl (C=O) groups excluding carboxylic acids is 1. The van der Waals surface area contributed by atoms with Crippen LogP contribution in [-0.2, 0) is 9.84 Å². The summed E-state index contributed by atoms with van der Waals surface area (Å²) in [6.45, 7) is 0. The van der Waals surface area contributed by atoms with Crippen LogP contribution in [0, 0.1) is 0 Å². The highest BCUT2D eigenvalue weighted by molar-refractivity contribution is 7.90. The Morgan fingerprint density at radius 2 is 1.81 bits per heavy atom. The van der Waals surface area contributed by atoms with Crippen LogP contribution in [0.25, 0.3) is 0 Å². The van der Waals surface area contributed by atoms with E-state index in [1.54, 1.807) is 12.1 Å². The lowest BCUT2D eigenvalue weighted by Gasteiger charge is -2.17. The van der Waals surface area contributed by atoms with E-state index in [4.69, 9.17) is 16.0 Å². The number of benzene rings is 2. The Kier molecular flexibility index (Phi) is 5.15. The van der Waals surface area contributed by atoms with E-state index in [-0.39, 0.29) is 15.5 Å². The van der Waals surface area contributed by atoms with E-state index >= 15 is 0 Å². The van der Waals surface area contributed by atoms with Gasteiger partial charge < -0.3 is 9.73 Å². The molecule has 0 saturated heterocycles. The molecule has 5 nitrogen and oxygen atoms in total. The van der Waals surface area contributed by atoms with Gasteiger partial charge in [-0.15, -0.1) is 0 Å². The van der Waals surface area contributed by atoms with Crippen LogP contribution in [0.1, 0.15) is 27.7 Å². The average Bonchev–Trinajstić information content (AvgIpc) is 3.14. The largest absolute Gasteiger partial charge is 0.467 e. The fourth-order valence-electron chi connectivity index (χ4n) is 2.56. The molecule has 0 spiro atoms. The van der Waals surface area contributed by atoms with Crippen molar-refractivity contribution in [3.05, 3.63) is 88.8 Å². The molecular weight excluding hydrogens is 374 g/mol. The van der Waals surface area contributed by atoms with E-state index in [0.717, 1.165) is 11.8 Å². The molecule has 0 fully saturated rings. The fourth-order valence-corrected chi connectivity index (χ4v) is 3.86. The molecule has 0 aliphatic heterocycles. The van der Waals surface area contributed by atoms with Crippen LogP contribution in [0.4, 0.5) is 0 Å². The first-order chi connectivity index (χ1) is 12.4. The molecular formula is C19H16ClNO4S. The molecule has 1 unspecified atom stereocenters. The molecule has 1 amide bonds. The lowest BCUT2D eigenvalue weighted by atomic mass is 10.0. The Balaban J connectivity index is 1.94. The highest BCUT2D eigenvalue weighted by Crippen LogP contribution is 2.25. The van der Waals surface area contributed by atoms with Crippen LogP contribution in [0.2, 0.25) is 5.02 Å². The van der Waals surface area contributed by atoms with Crippen molar-refractivity contribution in [2.45, 2.75) is 10.9 Å². The Labute approximate surface area is 156 Å². The molecule has 2 aromatic carbocycles. The highest BCUT2D eigenvalue weighted by atomic mass is 35.5. The van der Waals surface area contributed by atoms with Gasteiger partial charge in [-0.25, -0.2) is 8.42 Å². The minimum Gasteiger partial charge on any atom is -0.467 e. The molecule has 0 radical (unpaired) electrons. The zero-order valence-electron chi connectivity index (χ0n) is 13.8. The van der Waals surface area contributed by atoms with Crippen molar-refractivity contribution in [1.82, 2.24) is 5.32 Å². The van der Waals surface area contributed by atoms with Gasteiger partial charge in [-0.2, -0.15) is 0 Å². The van der Waals surface area contributed by atoms with Gasteiger partial charge in [0.1, 0.15) is 11.8 Å².